The van der Waals surface area contributed by atoms with Crippen molar-refractivity contribution in [1.29, 1.82) is 0 Å². The lowest BCUT2D eigenvalue weighted by molar-refractivity contribution is -0.133. The number of aliphatic hydroxyl groups excluding tert-OH is 2. The van der Waals surface area contributed by atoms with Gasteiger partial charge in [0.1, 0.15) is 0 Å². The molecular weight excluding hydrogens is 414 g/mol. The van der Waals surface area contributed by atoms with E-state index in [4.69, 9.17) is 29.9 Å². The van der Waals surface area contributed by atoms with Gasteiger partial charge in [-0.1, -0.05) is 26.3 Å². The van der Waals surface area contributed by atoms with Crippen LogP contribution in [-0.4, -0.2) is 83.8 Å². The largest absolute Gasteiger partial charge is 0.478 e. The maximum atomic E-state index is 10.3. The van der Waals surface area contributed by atoms with Gasteiger partial charge in [0.2, 0.25) is 11.8 Å². The number of aliphatic hydroxyl groups is 2. The lowest BCUT2D eigenvalue weighted by Crippen LogP contribution is -2.26. The second kappa shape index (κ2) is 26.9. The highest BCUT2D eigenvalue weighted by molar-refractivity contribution is 6.04. The zero-order valence-corrected chi connectivity index (χ0v) is 18.0. The Bertz CT molecular complexity index is 511. The molecule has 11 heteroatoms. The molecule has 0 bridgehead atoms. The molecule has 5 N–H and O–H groups in total. The number of imide groups is 1. The van der Waals surface area contributed by atoms with Crippen LogP contribution in [-0.2, 0) is 28.7 Å². The minimum absolute atomic E-state index is 0.0417. The van der Waals surface area contributed by atoms with Gasteiger partial charge in [-0.15, -0.1) is 0 Å². The number of carbonyl (C=O) groups excluding carboxylic acids is 2. The van der Waals surface area contributed by atoms with E-state index in [2.05, 4.69) is 26.3 Å². The van der Waals surface area contributed by atoms with Gasteiger partial charge in [-0.05, 0) is 26.0 Å². The SMILES string of the molecule is C=C(C)C(=O)O.C=C(C)C(=O)O.C=CC(=O)NC(=O)C=C.OCCOCCOCCO. The van der Waals surface area contributed by atoms with Crippen molar-refractivity contribution >= 4 is 23.8 Å². The van der Waals surface area contributed by atoms with Crippen molar-refractivity contribution in [2.75, 3.05) is 39.6 Å². The zero-order valence-electron chi connectivity index (χ0n) is 18.0. The van der Waals surface area contributed by atoms with Crippen LogP contribution in [0.5, 0.6) is 0 Å². The second-order valence-corrected chi connectivity index (χ2v) is 5.10. The average Bonchev–Trinajstić information content (AvgIpc) is 2.71. The third-order valence-electron chi connectivity index (χ3n) is 2.19. The van der Waals surface area contributed by atoms with Crippen LogP contribution in [0.4, 0.5) is 0 Å². The van der Waals surface area contributed by atoms with Gasteiger partial charge in [-0.25, -0.2) is 9.59 Å². The molecule has 31 heavy (non-hydrogen) atoms. The zero-order chi connectivity index (χ0) is 25.2. The Morgan fingerprint density at radius 1 is 0.742 bits per heavy atom. The molecule has 2 amide bonds. The first-order valence-electron chi connectivity index (χ1n) is 8.65. The van der Waals surface area contributed by atoms with Crippen molar-refractivity contribution in [2.24, 2.45) is 0 Å². The van der Waals surface area contributed by atoms with Crippen LogP contribution in [0.1, 0.15) is 13.8 Å². The highest BCUT2D eigenvalue weighted by atomic mass is 16.5. The van der Waals surface area contributed by atoms with Crippen LogP contribution < -0.4 is 5.32 Å². The summed E-state index contributed by atoms with van der Waals surface area (Å²) in [6.45, 7) is 17.2. The summed E-state index contributed by atoms with van der Waals surface area (Å²) in [5.74, 6) is -2.90. The van der Waals surface area contributed by atoms with Gasteiger partial charge in [0.15, 0.2) is 0 Å². The molecule has 0 atom stereocenters. The van der Waals surface area contributed by atoms with Crippen molar-refractivity contribution in [3.05, 3.63) is 49.6 Å². The maximum absolute atomic E-state index is 10.3. The van der Waals surface area contributed by atoms with E-state index in [0.717, 1.165) is 12.2 Å². The lowest BCUT2D eigenvalue weighted by atomic mass is 10.4. The second-order valence-electron chi connectivity index (χ2n) is 5.10. The van der Waals surface area contributed by atoms with E-state index in [0.29, 0.717) is 26.4 Å². The molecule has 0 aliphatic carbocycles. The molecule has 0 radical (unpaired) electrons. The number of aliphatic carboxylic acids is 2. The standard InChI is InChI=1S/C6H7NO2.C6H14O4.2C4H6O2/c1-3-5(8)7-6(9)4-2;7-1-3-9-5-6-10-4-2-8;2*1-3(2)4(5)6/h3-4H,1-2H2,(H,7,8,9);7-8H,1-6H2;2*1H2,2H3,(H,5,6). The number of amides is 2. The van der Waals surface area contributed by atoms with Gasteiger partial charge < -0.3 is 29.9 Å². The van der Waals surface area contributed by atoms with Crippen molar-refractivity contribution in [1.82, 2.24) is 5.32 Å². The molecule has 0 rings (SSSR count). The summed E-state index contributed by atoms with van der Waals surface area (Å²) >= 11 is 0. The van der Waals surface area contributed by atoms with Crippen LogP contribution in [0.2, 0.25) is 0 Å². The van der Waals surface area contributed by atoms with Crippen LogP contribution >= 0.6 is 0 Å². The molecule has 0 aliphatic rings. The number of hydrogen-bond donors (Lipinski definition) is 5. The maximum Gasteiger partial charge on any atom is 0.330 e. The van der Waals surface area contributed by atoms with Crippen LogP contribution in [0, 0.1) is 0 Å². The Kier molecular flexibility index (Phi) is 30.6. The van der Waals surface area contributed by atoms with Gasteiger partial charge >= 0.3 is 11.9 Å². The minimum atomic E-state index is -0.935. The van der Waals surface area contributed by atoms with Crippen molar-refractivity contribution in [2.45, 2.75) is 13.8 Å². The number of nitrogens with one attached hydrogen (secondary N) is 1. The monoisotopic (exact) mass is 447 g/mol. The molecule has 0 spiro atoms. The molecule has 0 unspecified atom stereocenters. The van der Waals surface area contributed by atoms with E-state index in [9.17, 15) is 19.2 Å². The molecule has 178 valence electrons. The fourth-order valence-electron chi connectivity index (χ4n) is 0.675. The molecule has 0 aromatic rings. The van der Waals surface area contributed by atoms with E-state index >= 15 is 0 Å². The summed E-state index contributed by atoms with van der Waals surface area (Å²) in [6.07, 6.45) is 2.03. The third kappa shape index (κ3) is 42.1. The smallest absolute Gasteiger partial charge is 0.330 e. The van der Waals surface area contributed by atoms with Gasteiger partial charge in [0.25, 0.3) is 0 Å². The quantitative estimate of drug-likeness (QED) is 0.218. The molecule has 11 nitrogen and oxygen atoms in total. The molecular formula is C20H33NO10. The lowest BCUT2D eigenvalue weighted by Gasteiger charge is -2.01. The van der Waals surface area contributed by atoms with Crippen molar-refractivity contribution in [3.8, 4) is 0 Å². The molecule has 0 saturated carbocycles. The molecule has 0 aromatic heterocycles. The third-order valence-corrected chi connectivity index (χ3v) is 2.19. The van der Waals surface area contributed by atoms with Crippen LogP contribution in [0.3, 0.4) is 0 Å². The van der Waals surface area contributed by atoms with E-state index in [1.165, 1.54) is 13.8 Å². The first-order valence-corrected chi connectivity index (χ1v) is 8.65. The highest BCUT2D eigenvalue weighted by Gasteiger charge is 1.96. The minimum Gasteiger partial charge on any atom is -0.478 e. The number of hydrogen-bond acceptors (Lipinski definition) is 8. The predicted octanol–water partition coefficient (Wildman–Crippen LogP) is 0.300. The van der Waals surface area contributed by atoms with Gasteiger partial charge in [0, 0.05) is 11.1 Å². The van der Waals surface area contributed by atoms with E-state index in [1.807, 2.05) is 5.32 Å². The Hall–Kier alpha value is -3.12. The number of carboxylic acid groups (broad SMARTS) is 2. The Morgan fingerprint density at radius 3 is 1.16 bits per heavy atom. The molecule has 0 aromatic carbocycles. The van der Waals surface area contributed by atoms with Crippen molar-refractivity contribution < 1.29 is 49.1 Å². The highest BCUT2D eigenvalue weighted by Crippen LogP contribution is 1.81. The summed E-state index contributed by atoms with van der Waals surface area (Å²) in [5.41, 5.74) is 0.352. The molecule has 0 saturated heterocycles. The summed E-state index contributed by atoms with van der Waals surface area (Å²) in [6, 6.07) is 0. The summed E-state index contributed by atoms with van der Waals surface area (Å²) in [4.78, 5) is 39.8. The van der Waals surface area contributed by atoms with Crippen LogP contribution in [0.25, 0.3) is 0 Å². The van der Waals surface area contributed by atoms with E-state index in [-0.39, 0.29) is 24.4 Å². The molecule has 0 fully saturated rings. The number of carboxylic acids is 2. The average molecular weight is 447 g/mol. The van der Waals surface area contributed by atoms with E-state index in [1.54, 1.807) is 0 Å². The summed E-state index contributed by atoms with van der Waals surface area (Å²) in [7, 11) is 0. The molecule has 0 heterocycles. The Balaban J connectivity index is -0.000000161. The van der Waals surface area contributed by atoms with Gasteiger partial charge in [-0.2, -0.15) is 0 Å². The first-order chi connectivity index (χ1) is 14.4. The van der Waals surface area contributed by atoms with E-state index < -0.39 is 23.8 Å². The fraction of sp³-hybridized carbons (Fsp3) is 0.400. The summed E-state index contributed by atoms with van der Waals surface area (Å²) in [5, 5.41) is 34.3. The number of ether oxygens (including phenoxy) is 2. The van der Waals surface area contributed by atoms with Gasteiger partial charge in [-0.3, -0.25) is 14.9 Å². The topological polar surface area (TPSA) is 180 Å². The first kappa shape index (κ1) is 35.3. The fourth-order valence-corrected chi connectivity index (χ4v) is 0.675. The Labute approximate surface area is 182 Å². The normalized spacial score (nSPS) is 8.39. The number of carbonyl (C=O) groups is 4. The number of rotatable bonds is 11. The van der Waals surface area contributed by atoms with Crippen LogP contribution in [0.15, 0.2) is 49.6 Å². The summed E-state index contributed by atoms with van der Waals surface area (Å²) < 4.78 is 9.75. The Morgan fingerprint density at radius 2 is 1.00 bits per heavy atom. The predicted molar refractivity (Wildman–Crippen MR) is 114 cm³/mol. The van der Waals surface area contributed by atoms with Gasteiger partial charge in [0.05, 0.1) is 39.6 Å². The van der Waals surface area contributed by atoms with Crippen molar-refractivity contribution in [3.63, 3.8) is 0 Å². The molecule has 0 aliphatic heterocycles.